The maximum atomic E-state index is 12.3. The number of rotatable bonds is 8. The van der Waals surface area contributed by atoms with Crippen molar-refractivity contribution < 1.29 is 4.79 Å². The van der Waals surface area contributed by atoms with Crippen LogP contribution < -0.4 is 10.6 Å². The van der Waals surface area contributed by atoms with Gasteiger partial charge in [0.05, 0.1) is 0 Å². The van der Waals surface area contributed by atoms with Crippen LogP contribution in [-0.2, 0) is 0 Å². The summed E-state index contributed by atoms with van der Waals surface area (Å²) in [5.74, 6) is 0.989. The predicted molar refractivity (Wildman–Crippen MR) is 89.9 cm³/mol. The SMILES string of the molecule is CCCNc1ccc(C(=O)NC(CC)CSC)c(C)c1. The average molecular weight is 294 g/mol. The van der Waals surface area contributed by atoms with Crippen LogP contribution in [0.25, 0.3) is 0 Å². The third kappa shape index (κ3) is 5.08. The number of carbonyl (C=O) groups excluding carboxylic acids is 1. The molecule has 112 valence electrons. The Bertz CT molecular complexity index is 434. The van der Waals surface area contributed by atoms with Crippen LogP contribution in [0.5, 0.6) is 0 Å². The number of thioether (sulfide) groups is 1. The molecule has 1 amide bonds. The largest absolute Gasteiger partial charge is 0.385 e. The van der Waals surface area contributed by atoms with Gasteiger partial charge in [-0.05, 0) is 49.8 Å². The third-order valence-electron chi connectivity index (χ3n) is 3.25. The Morgan fingerprint density at radius 2 is 2.10 bits per heavy atom. The molecule has 3 nitrogen and oxygen atoms in total. The van der Waals surface area contributed by atoms with E-state index in [2.05, 4.69) is 30.7 Å². The van der Waals surface area contributed by atoms with Crippen molar-refractivity contribution in [1.29, 1.82) is 0 Å². The first-order chi connectivity index (χ1) is 9.62. The van der Waals surface area contributed by atoms with Crippen LogP contribution in [0.2, 0.25) is 0 Å². The minimum atomic E-state index is 0.0328. The molecule has 0 heterocycles. The zero-order valence-corrected chi connectivity index (χ0v) is 13.8. The molecule has 1 aromatic carbocycles. The van der Waals surface area contributed by atoms with Crippen molar-refractivity contribution in [2.45, 2.75) is 39.7 Å². The van der Waals surface area contributed by atoms with Gasteiger partial charge in [0.1, 0.15) is 0 Å². The standard InChI is InChI=1S/C16H26N2OS/c1-5-9-17-14-7-8-15(12(3)10-14)16(19)18-13(6-2)11-20-4/h7-8,10,13,17H,5-6,9,11H2,1-4H3,(H,18,19). The monoisotopic (exact) mass is 294 g/mol. The molecule has 0 radical (unpaired) electrons. The summed E-state index contributed by atoms with van der Waals surface area (Å²) in [6.45, 7) is 7.18. The Balaban J connectivity index is 2.73. The lowest BCUT2D eigenvalue weighted by Crippen LogP contribution is -2.36. The predicted octanol–water partition coefficient (Wildman–Crippen LogP) is 3.69. The summed E-state index contributed by atoms with van der Waals surface area (Å²) < 4.78 is 0. The molecule has 0 spiro atoms. The van der Waals surface area contributed by atoms with Crippen molar-refractivity contribution in [2.75, 3.05) is 23.9 Å². The van der Waals surface area contributed by atoms with Gasteiger partial charge in [0, 0.05) is 29.6 Å². The van der Waals surface area contributed by atoms with Crippen LogP contribution in [0.15, 0.2) is 18.2 Å². The van der Waals surface area contributed by atoms with E-state index in [1.54, 1.807) is 11.8 Å². The molecule has 0 fully saturated rings. The van der Waals surface area contributed by atoms with Crippen LogP contribution >= 0.6 is 11.8 Å². The van der Waals surface area contributed by atoms with Gasteiger partial charge in [0.15, 0.2) is 0 Å². The van der Waals surface area contributed by atoms with E-state index in [0.29, 0.717) is 0 Å². The van der Waals surface area contributed by atoms with Crippen LogP contribution in [0.3, 0.4) is 0 Å². The molecule has 1 rings (SSSR count). The lowest BCUT2D eigenvalue weighted by atomic mass is 10.1. The molecule has 1 atom stereocenters. The summed E-state index contributed by atoms with van der Waals surface area (Å²) in [6, 6.07) is 6.18. The van der Waals surface area contributed by atoms with Crippen LogP contribution in [-0.4, -0.2) is 30.5 Å². The average Bonchev–Trinajstić information content (AvgIpc) is 2.44. The van der Waals surface area contributed by atoms with Crippen LogP contribution in [0, 0.1) is 6.92 Å². The van der Waals surface area contributed by atoms with E-state index in [0.717, 1.165) is 42.0 Å². The Morgan fingerprint density at radius 3 is 2.65 bits per heavy atom. The molecule has 2 N–H and O–H groups in total. The summed E-state index contributed by atoms with van der Waals surface area (Å²) in [5, 5.41) is 6.45. The highest BCUT2D eigenvalue weighted by atomic mass is 32.2. The van der Waals surface area contributed by atoms with Crippen molar-refractivity contribution in [3.8, 4) is 0 Å². The number of aryl methyl sites for hydroxylation is 1. The number of anilines is 1. The summed E-state index contributed by atoms with van der Waals surface area (Å²) in [7, 11) is 0. The Labute approximate surface area is 126 Å². The van der Waals surface area contributed by atoms with Crippen LogP contribution in [0.4, 0.5) is 5.69 Å². The topological polar surface area (TPSA) is 41.1 Å². The molecule has 20 heavy (non-hydrogen) atoms. The lowest BCUT2D eigenvalue weighted by Gasteiger charge is -2.17. The van der Waals surface area contributed by atoms with E-state index in [4.69, 9.17) is 0 Å². The first-order valence-corrected chi connectivity index (χ1v) is 8.66. The van der Waals surface area contributed by atoms with Gasteiger partial charge in [-0.3, -0.25) is 4.79 Å². The molecular weight excluding hydrogens is 268 g/mol. The van der Waals surface area contributed by atoms with Crippen molar-refractivity contribution >= 4 is 23.4 Å². The number of hydrogen-bond acceptors (Lipinski definition) is 3. The number of benzene rings is 1. The second-order valence-corrected chi connectivity index (χ2v) is 5.90. The number of amides is 1. The van der Waals surface area contributed by atoms with Gasteiger partial charge in [-0.1, -0.05) is 13.8 Å². The number of carbonyl (C=O) groups is 1. The Morgan fingerprint density at radius 1 is 1.35 bits per heavy atom. The maximum Gasteiger partial charge on any atom is 0.251 e. The molecule has 1 aromatic rings. The molecule has 0 aromatic heterocycles. The maximum absolute atomic E-state index is 12.3. The number of hydrogen-bond donors (Lipinski definition) is 2. The summed E-state index contributed by atoms with van der Waals surface area (Å²) >= 11 is 1.76. The molecule has 4 heteroatoms. The fourth-order valence-corrected chi connectivity index (χ4v) is 2.75. The zero-order chi connectivity index (χ0) is 15.0. The molecule has 0 saturated carbocycles. The van der Waals surface area contributed by atoms with Crippen molar-refractivity contribution in [3.05, 3.63) is 29.3 Å². The van der Waals surface area contributed by atoms with E-state index in [1.165, 1.54) is 0 Å². The van der Waals surface area contributed by atoms with E-state index < -0.39 is 0 Å². The lowest BCUT2D eigenvalue weighted by molar-refractivity contribution is 0.0939. The molecule has 0 aliphatic carbocycles. The molecule has 0 bridgehead atoms. The van der Waals surface area contributed by atoms with Gasteiger partial charge in [-0.2, -0.15) is 11.8 Å². The minimum absolute atomic E-state index is 0.0328. The molecule has 0 aliphatic rings. The van der Waals surface area contributed by atoms with Crippen LogP contribution in [0.1, 0.15) is 42.6 Å². The van der Waals surface area contributed by atoms with Crippen molar-refractivity contribution in [1.82, 2.24) is 5.32 Å². The fraction of sp³-hybridized carbons (Fsp3) is 0.562. The third-order valence-corrected chi connectivity index (χ3v) is 3.98. The van der Waals surface area contributed by atoms with Gasteiger partial charge >= 0.3 is 0 Å². The second-order valence-electron chi connectivity index (χ2n) is 4.99. The molecule has 1 unspecified atom stereocenters. The summed E-state index contributed by atoms with van der Waals surface area (Å²) in [5.41, 5.74) is 2.87. The summed E-state index contributed by atoms with van der Waals surface area (Å²) in [6.07, 6.45) is 4.12. The van der Waals surface area contributed by atoms with E-state index in [9.17, 15) is 4.79 Å². The highest BCUT2D eigenvalue weighted by Gasteiger charge is 2.13. The smallest absolute Gasteiger partial charge is 0.251 e. The van der Waals surface area contributed by atoms with Crippen molar-refractivity contribution in [2.24, 2.45) is 0 Å². The quantitative estimate of drug-likeness (QED) is 0.768. The molecule has 0 aliphatic heterocycles. The number of nitrogens with one attached hydrogen (secondary N) is 2. The Hall–Kier alpha value is -1.16. The van der Waals surface area contributed by atoms with Gasteiger partial charge in [0.25, 0.3) is 5.91 Å². The molecule has 0 saturated heterocycles. The zero-order valence-electron chi connectivity index (χ0n) is 13.0. The first-order valence-electron chi connectivity index (χ1n) is 7.26. The van der Waals surface area contributed by atoms with Gasteiger partial charge in [-0.25, -0.2) is 0 Å². The van der Waals surface area contributed by atoms with Gasteiger partial charge in [-0.15, -0.1) is 0 Å². The Kier molecular flexibility index (Phi) is 7.52. The first kappa shape index (κ1) is 16.9. The minimum Gasteiger partial charge on any atom is -0.385 e. The van der Waals surface area contributed by atoms with E-state index in [1.807, 2.05) is 25.1 Å². The molecular formula is C16H26N2OS. The highest BCUT2D eigenvalue weighted by Crippen LogP contribution is 2.16. The van der Waals surface area contributed by atoms with Gasteiger partial charge < -0.3 is 10.6 Å². The van der Waals surface area contributed by atoms with Gasteiger partial charge in [0.2, 0.25) is 0 Å². The highest BCUT2D eigenvalue weighted by molar-refractivity contribution is 7.98. The fourth-order valence-electron chi connectivity index (χ4n) is 2.02. The summed E-state index contributed by atoms with van der Waals surface area (Å²) in [4.78, 5) is 12.3. The van der Waals surface area contributed by atoms with Crippen molar-refractivity contribution in [3.63, 3.8) is 0 Å². The van der Waals surface area contributed by atoms with E-state index >= 15 is 0 Å². The normalized spacial score (nSPS) is 12.0. The van der Waals surface area contributed by atoms with E-state index in [-0.39, 0.29) is 11.9 Å². The second kappa shape index (κ2) is 8.90.